The minimum Gasteiger partial charge on any atom is -0.497 e. The average molecular weight is 455 g/mol. The molecule has 0 saturated carbocycles. The first kappa shape index (κ1) is 21.7. The van der Waals surface area contributed by atoms with E-state index in [2.05, 4.69) is 5.32 Å². The van der Waals surface area contributed by atoms with Crippen LogP contribution in [0.5, 0.6) is 5.75 Å². The van der Waals surface area contributed by atoms with Gasteiger partial charge < -0.3 is 10.1 Å². The third-order valence-electron chi connectivity index (χ3n) is 6.14. The number of para-hydroxylation sites is 2. The number of ether oxygens (including phenoxy) is 1. The van der Waals surface area contributed by atoms with Gasteiger partial charge in [0.25, 0.3) is 5.91 Å². The van der Waals surface area contributed by atoms with Crippen LogP contribution in [-0.4, -0.2) is 35.0 Å². The molecule has 5 rings (SSSR count). The largest absolute Gasteiger partial charge is 0.497 e. The Bertz CT molecular complexity index is 1310. The fourth-order valence-electron chi connectivity index (χ4n) is 4.40. The Morgan fingerprint density at radius 3 is 2.47 bits per heavy atom. The molecule has 0 saturated heterocycles. The normalized spacial score (nSPS) is 14.9. The predicted molar refractivity (Wildman–Crippen MR) is 131 cm³/mol. The van der Waals surface area contributed by atoms with Crippen molar-refractivity contribution in [3.63, 3.8) is 0 Å². The van der Waals surface area contributed by atoms with Crippen molar-refractivity contribution >= 4 is 28.8 Å². The molecule has 4 aromatic rings. The molecule has 1 aromatic heterocycles. The molecule has 34 heavy (non-hydrogen) atoms. The van der Waals surface area contributed by atoms with Gasteiger partial charge in [0.1, 0.15) is 11.8 Å². The zero-order chi connectivity index (χ0) is 23.5. The summed E-state index contributed by atoms with van der Waals surface area (Å²) in [5, 5.41) is 2.97. The number of carbonyl (C=O) groups excluding carboxylic acids is 2. The third-order valence-corrected chi connectivity index (χ3v) is 6.14. The van der Waals surface area contributed by atoms with Gasteiger partial charge in [-0.05, 0) is 41.8 Å². The fourth-order valence-corrected chi connectivity index (χ4v) is 4.40. The number of benzene rings is 3. The van der Waals surface area contributed by atoms with Crippen LogP contribution in [0.4, 0.5) is 5.95 Å². The summed E-state index contributed by atoms with van der Waals surface area (Å²) in [7, 11) is 1.62. The highest BCUT2D eigenvalue weighted by Gasteiger charge is 2.40. The minimum atomic E-state index is -0.627. The van der Waals surface area contributed by atoms with Gasteiger partial charge >= 0.3 is 0 Å². The zero-order valence-electron chi connectivity index (χ0n) is 19.0. The number of methoxy groups -OCH3 is 1. The smallest absolute Gasteiger partial charge is 0.253 e. The quantitative estimate of drug-likeness (QED) is 0.438. The molecule has 2 amide bonds. The van der Waals surface area contributed by atoms with Crippen LogP contribution in [-0.2, 0) is 22.6 Å². The summed E-state index contributed by atoms with van der Waals surface area (Å²) in [5.41, 5.74) is 3.78. The SMILES string of the molecule is COc1ccc(CN2C(=O)[C@@H](CC(=O)NCCc3ccccc3)n3c2nc2ccccc23)cc1. The van der Waals surface area contributed by atoms with Gasteiger partial charge in [0, 0.05) is 6.54 Å². The van der Waals surface area contributed by atoms with E-state index in [1.54, 1.807) is 12.0 Å². The average Bonchev–Trinajstić information content (AvgIpc) is 3.36. The molecular weight excluding hydrogens is 428 g/mol. The van der Waals surface area contributed by atoms with Gasteiger partial charge in [0.05, 0.1) is 31.1 Å². The van der Waals surface area contributed by atoms with Gasteiger partial charge in [-0.3, -0.25) is 19.1 Å². The van der Waals surface area contributed by atoms with Gasteiger partial charge in [-0.1, -0.05) is 54.6 Å². The van der Waals surface area contributed by atoms with Gasteiger partial charge in [0.15, 0.2) is 0 Å². The lowest BCUT2D eigenvalue weighted by Crippen LogP contribution is -2.33. The Hall–Kier alpha value is -4.13. The molecule has 0 radical (unpaired) electrons. The number of nitrogens with one attached hydrogen (secondary N) is 1. The molecule has 0 bridgehead atoms. The summed E-state index contributed by atoms with van der Waals surface area (Å²) in [5.74, 6) is 1.06. The first-order valence-electron chi connectivity index (χ1n) is 11.4. The van der Waals surface area contributed by atoms with E-state index in [-0.39, 0.29) is 18.2 Å². The second-order valence-corrected chi connectivity index (χ2v) is 8.35. The molecule has 1 aliphatic rings. The highest BCUT2D eigenvalue weighted by Crippen LogP contribution is 2.37. The topological polar surface area (TPSA) is 76.5 Å². The highest BCUT2D eigenvalue weighted by atomic mass is 16.5. The second kappa shape index (κ2) is 9.39. The van der Waals surface area contributed by atoms with Crippen molar-refractivity contribution in [2.24, 2.45) is 0 Å². The molecule has 1 aliphatic heterocycles. The second-order valence-electron chi connectivity index (χ2n) is 8.35. The number of imidazole rings is 1. The Kier molecular flexibility index (Phi) is 5.99. The molecular formula is C27H26N4O3. The minimum absolute atomic E-state index is 0.0695. The number of hydrogen-bond donors (Lipinski definition) is 1. The standard InChI is InChI=1S/C27H26N4O3/c1-34-21-13-11-20(12-14-21)18-30-26(33)24(31-23-10-6-5-9-22(23)29-27(30)31)17-25(32)28-16-15-19-7-3-2-4-8-19/h2-14,24H,15-18H2,1H3,(H,28,32)/t24-/m1/s1. The predicted octanol–water partition coefficient (Wildman–Crippen LogP) is 3.88. The number of aromatic nitrogens is 2. The van der Waals surface area contributed by atoms with E-state index >= 15 is 0 Å². The van der Waals surface area contributed by atoms with E-state index < -0.39 is 6.04 Å². The highest BCUT2D eigenvalue weighted by molar-refractivity contribution is 6.03. The Labute approximate surface area is 198 Å². The van der Waals surface area contributed by atoms with Crippen molar-refractivity contribution in [1.29, 1.82) is 0 Å². The van der Waals surface area contributed by atoms with E-state index in [1.165, 1.54) is 0 Å². The van der Waals surface area contributed by atoms with E-state index in [1.807, 2.05) is 83.4 Å². The summed E-state index contributed by atoms with van der Waals surface area (Å²) < 4.78 is 7.14. The lowest BCUT2D eigenvalue weighted by molar-refractivity contribution is -0.127. The molecule has 1 N–H and O–H groups in total. The lowest BCUT2D eigenvalue weighted by atomic mass is 10.1. The molecule has 7 heteroatoms. The van der Waals surface area contributed by atoms with Crippen LogP contribution in [0.15, 0.2) is 78.9 Å². The summed E-state index contributed by atoms with van der Waals surface area (Å²) in [6, 6.07) is 24.7. The Morgan fingerprint density at radius 2 is 1.71 bits per heavy atom. The maximum absolute atomic E-state index is 13.5. The van der Waals surface area contributed by atoms with Gasteiger partial charge in [-0.25, -0.2) is 4.98 Å². The molecule has 0 aliphatic carbocycles. The van der Waals surface area contributed by atoms with Crippen molar-refractivity contribution in [1.82, 2.24) is 14.9 Å². The van der Waals surface area contributed by atoms with Gasteiger partial charge in [0.2, 0.25) is 11.9 Å². The van der Waals surface area contributed by atoms with Crippen LogP contribution in [0.2, 0.25) is 0 Å². The molecule has 2 heterocycles. The molecule has 7 nitrogen and oxygen atoms in total. The maximum Gasteiger partial charge on any atom is 0.253 e. The van der Waals surface area contributed by atoms with E-state index in [0.717, 1.165) is 34.3 Å². The number of carbonyl (C=O) groups is 2. The van der Waals surface area contributed by atoms with E-state index in [9.17, 15) is 9.59 Å². The number of fused-ring (bicyclic) bond motifs is 3. The van der Waals surface area contributed by atoms with Gasteiger partial charge in [-0.2, -0.15) is 0 Å². The summed E-state index contributed by atoms with van der Waals surface area (Å²) in [4.78, 5) is 32.7. The van der Waals surface area contributed by atoms with Crippen molar-refractivity contribution in [2.75, 3.05) is 18.6 Å². The number of amides is 2. The first-order chi connectivity index (χ1) is 16.6. The monoisotopic (exact) mass is 454 g/mol. The lowest BCUT2D eigenvalue weighted by Gasteiger charge is -2.16. The number of nitrogens with zero attached hydrogens (tertiary/aromatic N) is 3. The van der Waals surface area contributed by atoms with Crippen LogP contribution in [0.1, 0.15) is 23.6 Å². The Balaban J connectivity index is 1.35. The fraction of sp³-hybridized carbons (Fsp3) is 0.222. The molecule has 3 aromatic carbocycles. The summed E-state index contributed by atoms with van der Waals surface area (Å²) in [6.45, 7) is 0.898. The van der Waals surface area contributed by atoms with Gasteiger partial charge in [-0.15, -0.1) is 0 Å². The zero-order valence-corrected chi connectivity index (χ0v) is 19.0. The molecule has 172 valence electrons. The third kappa shape index (κ3) is 4.24. The summed E-state index contributed by atoms with van der Waals surface area (Å²) in [6.07, 6.45) is 0.814. The van der Waals surface area contributed by atoms with Crippen LogP contribution < -0.4 is 15.0 Å². The van der Waals surface area contributed by atoms with Crippen molar-refractivity contribution in [2.45, 2.75) is 25.4 Å². The number of anilines is 1. The van der Waals surface area contributed by atoms with E-state index in [0.29, 0.717) is 19.0 Å². The molecule has 1 atom stereocenters. The van der Waals surface area contributed by atoms with Crippen molar-refractivity contribution in [3.05, 3.63) is 90.0 Å². The van der Waals surface area contributed by atoms with Crippen LogP contribution in [0.25, 0.3) is 11.0 Å². The number of rotatable bonds is 8. The first-order valence-corrected chi connectivity index (χ1v) is 11.4. The molecule has 0 fully saturated rings. The maximum atomic E-state index is 13.5. The number of hydrogen-bond acceptors (Lipinski definition) is 4. The van der Waals surface area contributed by atoms with Crippen molar-refractivity contribution < 1.29 is 14.3 Å². The van der Waals surface area contributed by atoms with E-state index in [4.69, 9.17) is 9.72 Å². The Morgan fingerprint density at radius 1 is 0.971 bits per heavy atom. The van der Waals surface area contributed by atoms with Crippen LogP contribution >= 0.6 is 0 Å². The van der Waals surface area contributed by atoms with Crippen molar-refractivity contribution in [3.8, 4) is 5.75 Å². The molecule has 0 unspecified atom stereocenters. The van der Waals surface area contributed by atoms with Crippen LogP contribution in [0, 0.1) is 0 Å². The summed E-state index contributed by atoms with van der Waals surface area (Å²) >= 11 is 0. The van der Waals surface area contributed by atoms with Crippen LogP contribution in [0.3, 0.4) is 0 Å². The molecule has 0 spiro atoms.